The maximum absolute atomic E-state index is 5.38. The lowest BCUT2D eigenvalue weighted by molar-refractivity contribution is 0.415. The van der Waals surface area contributed by atoms with Crippen LogP contribution in [-0.4, -0.2) is 18.6 Å². The second-order valence-corrected chi connectivity index (χ2v) is 6.71. The summed E-state index contributed by atoms with van der Waals surface area (Å²) in [7, 11) is 1.71. The van der Waals surface area contributed by atoms with Crippen molar-refractivity contribution in [3.63, 3.8) is 0 Å². The molecule has 4 rings (SSSR count). The molecule has 0 fully saturated rings. The van der Waals surface area contributed by atoms with Crippen LogP contribution in [0.4, 0.5) is 0 Å². The van der Waals surface area contributed by atoms with Crippen LogP contribution < -0.4 is 10.1 Å². The van der Waals surface area contributed by atoms with E-state index in [4.69, 9.17) is 4.74 Å². The van der Waals surface area contributed by atoms with Crippen LogP contribution in [-0.2, 0) is 13.0 Å². The van der Waals surface area contributed by atoms with Crippen LogP contribution in [0.2, 0.25) is 0 Å². The van der Waals surface area contributed by atoms with Gasteiger partial charge in [0.25, 0.3) is 0 Å². The first kappa shape index (κ1) is 16.7. The molecule has 132 valence electrons. The van der Waals surface area contributed by atoms with Gasteiger partial charge in [0.05, 0.1) is 7.11 Å². The molecule has 0 saturated carbocycles. The Morgan fingerprint density at radius 3 is 2.69 bits per heavy atom. The van der Waals surface area contributed by atoms with E-state index in [0.717, 1.165) is 25.3 Å². The van der Waals surface area contributed by atoms with Crippen molar-refractivity contribution in [2.24, 2.45) is 0 Å². The van der Waals surface area contributed by atoms with Crippen molar-refractivity contribution in [1.82, 2.24) is 10.3 Å². The minimum atomic E-state index is 0.881. The van der Waals surface area contributed by atoms with E-state index in [0.29, 0.717) is 0 Å². The largest absolute Gasteiger partial charge is 0.497 e. The number of fused-ring (bicyclic) bond motifs is 2. The summed E-state index contributed by atoms with van der Waals surface area (Å²) in [5, 5.41) is 7.49. The molecule has 3 heteroatoms. The Morgan fingerprint density at radius 1 is 0.962 bits per heavy atom. The normalized spacial score (nSPS) is 11.3. The average Bonchev–Trinajstić information content (AvgIpc) is 2.99. The van der Waals surface area contributed by atoms with Gasteiger partial charge in [0.1, 0.15) is 5.75 Å². The topological polar surface area (TPSA) is 37.0 Å². The van der Waals surface area contributed by atoms with Crippen molar-refractivity contribution < 1.29 is 4.74 Å². The van der Waals surface area contributed by atoms with Gasteiger partial charge in [-0.25, -0.2) is 0 Å². The Morgan fingerprint density at radius 2 is 1.81 bits per heavy atom. The van der Waals surface area contributed by atoms with E-state index in [1.807, 2.05) is 6.07 Å². The van der Waals surface area contributed by atoms with Crippen LogP contribution in [0, 0.1) is 6.92 Å². The molecule has 0 amide bonds. The highest BCUT2D eigenvalue weighted by Gasteiger charge is 2.09. The minimum Gasteiger partial charge on any atom is -0.497 e. The average molecular weight is 344 g/mol. The molecule has 4 aromatic rings. The Bertz CT molecular complexity index is 1040. The van der Waals surface area contributed by atoms with Gasteiger partial charge >= 0.3 is 0 Å². The van der Waals surface area contributed by atoms with E-state index >= 15 is 0 Å². The number of aryl methyl sites for hydroxylation is 1. The maximum atomic E-state index is 5.38. The quantitative estimate of drug-likeness (QED) is 0.485. The number of hydrogen-bond donors (Lipinski definition) is 2. The zero-order valence-electron chi connectivity index (χ0n) is 15.3. The smallest absolute Gasteiger partial charge is 0.119 e. The Labute approximate surface area is 154 Å². The standard InChI is InChI=1S/C23H24N2O/c1-16-20(22-14-19(26-2)10-11-23(22)25-16)12-13-24-15-18-8-5-7-17-6-3-4-9-21(17)18/h3-11,14,24-25H,12-13,15H2,1-2H3. The predicted molar refractivity (Wildman–Crippen MR) is 109 cm³/mol. The molecule has 0 radical (unpaired) electrons. The first-order valence-corrected chi connectivity index (χ1v) is 9.09. The van der Waals surface area contributed by atoms with Crippen molar-refractivity contribution in [2.75, 3.05) is 13.7 Å². The number of methoxy groups -OCH3 is 1. The molecular formula is C23H24N2O. The van der Waals surface area contributed by atoms with Gasteiger partial charge in [0.2, 0.25) is 0 Å². The minimum absolute atomic E-state index is 0.881. The van der Waals surface area contributed by atoms with Crippen LogP contribution in [0.1, 0.15) is 16.8 Å². The highest BCUT2D eigenvalue weighted by atomic mass is 16.5. The Balaban J connectivity index is 1.46. The number of ether oxygens (including phenoxy) is 1. The summed E-state index contributed by atoms with van der Waals surface area (Å²) in [6, 6.07) is 21.3. The zero-order valence-corrected chi connectivity index (χ0v) is 15.3. The van der Waals surface area contributed by atoms with E-state index in [-0.39, 0.29) is 0 Å². The molecule has 0 aliphatic heterocycles. The maximum Gasteiger partial charge on any atom is 0.119 e. The molecule has 0 aliphatic rings. The molecule has 0 unspecified atom stereocenters. The molecule has 0 atom stereocenters. The summed E-state index contributed by atoms with van der Waals surface area (Å²) in [6.45, 7) is 3.97. The summed E-state index contributed by atoms with van der Waals surface area (Å²) in [4.78, 5) is 3.48. The molecule has 1 aromatic heterocycles. The number of benzene rings is 3. The van der Waals surface area contributed by atoms with Crippen molar-refractivity contribution in [2.45, 2.75) is 19.9 Å². The van der Waals surface area contributed by atoms with E-state index < -0.39 is 0 Å². The third-order valence-electron chi connectivity index (χ3n) is 5.07. The van der Waals surface area contributed by atoms with Crippen molar-refractivity contribution >= 4 is 21.7 Å². The van der Waals surface area contributed by atoms with Crippen LogP contribution >= 0.6 is 0 Å². The Hall–Kier alpha value is -2.78. The SMILES string of the molecule is COc1ccc2[nH]c(C)c(CCNCc3cccc4ccccc34)c2c1. The molecule has 1 heterocycles. The molecular weight excluding hydrogens is 320 g/mol. The monoisotopic (exact) mass is 344 g/mol. The lowest BCUT2D eigenvalue weighted by Gasteiger charge is -2.09. The van der Waals surface area contributed by atoms with Gasteiger partial charge in [-0.1, -0.05) is 42.5 Å². The second-order valence-electron chi connectivity index (χ2n) is 6.71. The fourth-order valence-corrected chi connectivity index (χ4v) is 3.69. The summed E-state index contributed by atoms with van der Waals surface area (Å²) in [5.41, 5.74) is 5.12. The van der Waals surface area contributed by atoms with Gasteiger partial charge in [0, 0.05) is 23.1 Å². The van der Waals surface area contributed by atoms with Crippen LogP contribution in [0.3, 0.4) is 0 Å². The van der Waals surface area contributed by atoms with Gasteiger partial charge in [-0.3, -0.25) is 0 Å². The number of nitrogens with one attached hydrogen (secondary N) is 2. The number of aromatic nitrogens is 1. The van der Waals surface area contributed by atoms with Gasteiger partial charge in [-0.2, -0.15) is 0 Å². The highest BCUT2D eigenvalue weighted by Crippen LogP contribution is 2.26. The van der Waals surface area contributed by atoms with Gasteiger partial charge in [0.15, 0.2) is 0 Å². The van der Waals surface area contributed by atoms with Crippen molar-refractivity contribution in [1.29, 1.82) is 0 Å². The molecule has 3 nitrogen and oxygen atoms in total. The fourth-order valence-electron chi connectivity index (χ4n) is 3.69. The summed E-state index contributed by atoms with van der Waals surface area (Å²) < 4.78 is 5.38. The molecule has 0 saturated heterocycles. The lowest BCUT2D eigenvalue weighted by atomic mass is 10.0. The molecule has 3 aromatic carbocycles. The lowest BCUT2D eigenvalue weighted by Crippen LogP contribution is -2.17. The first-order valence-electron chi connectivity index (χ1n) is 9.09. The van der Waals surface area contributed by atoms with Gasteiger partial charge < -0.3 is 15.0 Å². The van der Waals surface area contributed by atoms with Crippen molar-refractivity contribution in [3.05, 3.63) is 77.5 Å². The summed E-state index contributed by atoms with van der Waals surface area (Å²) in [6.07, 6.45) is 0.990. The van der Waals surface area contributed by atoms with Crippen molar-refractivity contribution in [3.8, 4) is 5.75 Å². The highest BCUT2D eigenvalue weighted by molar-refractivity contribution is 5.86. The number of aromatic amines is 1. The van der Waals surface area contributed by atoms with Crippen LogP contribution in [0.25, 0.3) is 21.7 Å². The molecule has 0 aliphatic carbocycles. The summed E-state index contributed by atoms with van der Waals surface area (Å²) in [5.74, 6) is 0.904. The van der Waals surface area contributed by atoms with E-state index in [9.17, 15) is 0 Å². The van der Waals surface area contributed by atoms with Crippen LogP contribution in [0.15, 0.2) is 60.7 Å². The van der Waals surface area contributed by atoms with E-state index in [2.05, 4.69) is 71.8 Å². The molecule has 26 heavy (non-hydrogen) atoms. The number of rotatable bonds is 6. The van der Waals surface area contributed by atoms with Gasteiger partial charge in [-0.05, 0) is 60.0 Å². The first-order chi connectivity index (χ1) is 12.8. The third kappa shape index (κ3) is 3.18. The predicted octanol–water partition coefficient (Wildman–Crippen LogP) is 4.97. The van der Waals surface area contributed by atoms with E-state index in [1.54, 1.807) is 7.11 Å². The zero-order chi connectivity index (χ0) is 17.9. The second kappa shape index (κ2) is 7.22. The number of hydrogen-bond acceptors (Lipinski definition) is 2. The molecule has 2 N–H and O–H groups in total. The number of H-pyrrole nitrogens is 1. The molecule has 0 bridgehead atoms. The fraction of sp³-hybridized carbons (Fsp3) is 0.217. The van der Waals surface area contributed by atoms with Crippen LogP contribution in [0.5, 0.6) is 5.75 Å². The third-order valence-corrected chi connectivity index (χ3v) is 5.07. The van der Waals surface area contributed by atoms with Gasteiger partial charge in [-0.15, -0.1) is 0 Å². The van der Waals surface area contributed by atoms with E-state index in [1.165, 1.54) is 38.5 Å². The summed E-state index contributed by atoms with van der Waals surface area (Å²) >= 11 is 0. The Kier molecular flexibility index (Phi) is 4.63. The molecule has 0 spiro atoms.